The maximum Gasteiger partial charge on any atom is 0.412 e. The fraction of sp³-hybridized carbons (Fsp3) is 0.591. The van der Waals surface area contributed by atoms with Gasteiger partial charge >= 0.3 is 12.2 Å². The summed E-state index contributed by atoms with van der Waals surface area (Å²) in [6, 6.07) is 5.47. The first-order valence-electron chi connectivity index (χ1n) is 10.3. The SMILES string of the molecule is CC(C)(C)OC(=O)Nc1cc(C#N)cc(N2CCN(C(=O)OC(C)(C)C)C3CC32)c1Cl. The van der Waals surface area contributed by atoms with Crippen molar-refractivity contribution in [1.82, 2.24) is 4.90 Å². The van der Waals surface area contributed by atoms with E-state index in [4.69, 9.17) is 21.1 Å². The molecule has 1 aromatic carbocycles. The molecule has 2 amide bonds. The molecule has 1 saturated heterocycles. The van der Waals surface area contributed by atoms with E-state index in [9.17, 15) is 14.9 Å². The number of hydrogen-bond donors (Lipinski definition) is 1. The molecule has 0 bridgehead atoms. The fourth-order valence-electron chi connectivity index (χ4n) is 3.62. The molecular weight excluding hydrogens is 420 g/mol. The van der Waals surface area contributed by atoms with E-state index in [1.807, 2.05) is 20.8 Å². The number of nitriles is 1. The molecule has 1 heterocycles. The Kier molecular flexibility index (Phi) is 6.03. The molecule has 1 aromatic rings. The Morgan fingerprint density at radius 1 is 1.10 bits per heavy atom. The van der Waals surface area contributed by atoms with E-state index in [0.717, 1.165) is 6.42 Å². The summed E-state index contributed by atoms with van der Waals surface area (Å²) in [6.45, 7) is 11.9. The standard InChI is InChI=1S/C22H29ClN4O4/c1-21(2,3)30-19(28)25-14-9-13(12-24)10-17(18(14)23)26-7-8-27(16-11-15(16)26)20(29)31-22(4,5)6/h9-10,15-16H,7-8,11H2,1-6H3,(H,25,28). The van der Waals surface area contributed by atoms with Crippen molar-refractivity contribution in [3.05, 3.63) is 22.7 Å². The lowest BCUT2D eigenvalue weighted by molar-refractivity contribution is 0.0218. The number of ether oxygens (including phenoxy) is 2. The second kappa shape index (κ2) is 8.12. The largest absolute Gasteiger partial charge is 0.444 e. The van der Waals surface area contributed by atoms with Gasteiger partial charge in [0.1, 0.15) is 11.2 Å². The molecule has 31 heavy (non-hydrogen) atoms. The van der Waals surface area contributed by atoms with Crippen LogP contribution < -0.4 is 10.2 Å². The zero-order valence-corrected chi connectivity index (χ0v) is 19.5. The Morgan fingerprint density at radius 2 is 1.74 bits per heavy atom. The van der Waals surface area contributed by atoms with Crippen molar-refractivity contribution in [2.75, 3.05) is 23.3 Å². The average Bonchev–Trinajstić information content (AvgIpc) is 3.40. The van der Waals surface area contributed by atoms with Crippen LogP contribution in [0.1, 0.15) is 53.5 Å². The molecule has 8 nitrogen and oxygen atoms in total. The van der Waals surface area contributed by atoms with E-state index in [0.29, 0.717) is 35.1 Å². The van der Waals surface area contributed by atoms with Crippen molar-refractivity contribution in [1.29, 1.82) is 5.26 Å². The highest BCUT2D eigenvalue weighted by atomic mass is 35.5. The molecule has 2 aliphatic rings. The number of nitrogens with one attached hydrogen (secondary N) is 1. The predicted molar refractivity (Wildman–Crippen MR) is 119 cm³/mol. The van der Waals surface area contributed by atoms with Crippen LogP contribution in [-0.2, 0) is 9.47 Å². The van der Waals surface area contributed by atoms with Crippen LogP contribution in [0.15, 0.2) is 12.1 Å². The Bertz CT molecular complexity index is 929. The van der Waals surface area contributed by atoms with E-state index in [1.54, 1.807) is 31.7 Å². The third-order valence-electron chi connectivity index (χ3n) is 4.86. The number of hydrogen-bond acceptors (Lipinski definition) is 6. The van der Waals surface area contributed by atoms with Gasteiger partial charge in [0.25, 0.3) is 0 Å². The van der Waals surface area contributed by atoms with Gasteiger partial charge in [0, 0.05) is 13.1 Å². The average molecular weight is 449 g/mol. The molecule has 2 unspecified atom stereocenters. The number of carbonyl (C=O) groups is 2. The van der Waals surface area contributed by atoms with Crippen LogP contribution in [0.25, 0.3) is 0 Å². The van der Waals surface area contributed by atoms with Crippen LogP contribution in [-0.4, -0.2) is 53.5 Å². The second-order valence-corrected chi connectivity index (χ2v) is 10.2. The van der Waals surface area contributed by atoms with Crippen LogP contribution in [0.2, 0.25) is 5.02 Å². The van der Waals surface area contributed by atoms with Crippen molar-refractivity contribution in [2.24, 2.45) is 0 Å². The van der Waals surface area contributed by atoms with Crippen molar-refractivity contribution in [3.63, 3.8) is 0 Å². The number of carbonyl (C=O) groups excluding carboxylic acids is 2. The molecule has 0 aromatic heterocycles. The highest BCUT2D eigenvalue weighted by Gasteiger charge is 2.52. The lowest BCUT2D eigenvalue weighted by Crippen LogP contribution is -2.50. The summed E-state index contributed by atoms with van der Waals surface area (Å²) >= 11 is 6.63. The van der Waals surface area contributed by atoms with Crippen LogP contribution in [0, 0.1) is 11.3 Å². The summed E-state index contributed by atoms with van der Waals surface area (Å²) in [5, 5.41) is 12.5. The molecule has 0 radical (unpaired) electrons. The van der Waals surface area contributed by atoms with Crippen molar-refractivity contribution < 1.29 is 19.1 Å². The third-order valence-corrected chi connectivity index (χ3v) is 5.26. The fourth-order valence-corrected chi connectivity index (χ4v) is 3.88. The van der Waals surface area contributed by atoms with Crippen molar-refractivity contribution >= 4 is 35.2 Å². The topological polar surface area (TPSA) is 94.9 Å². The van der Waals surface area contributed by atoms with Gasteiger partial charge in [-0.2, -0.15) is 5.26 Å². The Balaban J connectivity index is 1.79. The van der Waals surface area contributed by atoms with Gasteiger partial charge in [-0.25, -0.2) is 9.59 Å². The number of piperazine rings is 1. The number of nitrogens with zero attached hydrogens (tertiary/aromatic N) is 3. The first-order valence-corrected chi connectivity index (χ1v) is 10.7. The van der Waals surface area contributed by atoms with Gasteiger partial charge in [-0.05, 0) is 60.1 Å². The monoisotopic (exact) mass is 448 g/mol. The summed E-state index contributed by atoms with van der Waals surface area (Å²) in [6.07, 6.45) is -0.167. The molecule has 3 rings (SSSR count). The number of fused-ring (bicyclic) bond motifs is 1. The lowest BCUT2D eigenvalue weighted by atomic mass is 10.1. The van der Waals surface area contributed by atoms with Crippen LogP contribution >= 0.6 is 11.6 Å². The number of anilines is 2. The quantitative estimate of drug-likeness (QED) is 0.701. The minimum absolute atomic E-state index is 0.0349. The maximum absolute atomic E-state index is 12.5. The molecule has 1 N–H and O–H groups in total. The number of rotatable bonds is 2. The first kappa shape index (κ1) is 23.0. The molecule has 2 atom stereocenters. The zero-order valence-electron chi connectivity index (χ0n) is 18.8. The number of benzene rings is 1. The minimum Gasteiger partial charge on any atom is -0.444 e. The van der Waals surface area contributed by atoms with Gasteiger partial charge in [-0.15, -0.1) is 0 Å². The Morgan fingerprint density at radius 3 is 2.32 bits per heavy atom. The molecule has 168 valence electrons. The van der Waals surface area contributed by atoms with E-state index in [-0.39, 0.29) is 18.2 Å². The highest BCUT2D eigenvalue weighted by molar-refractivity contribution is 6.36. The smallest absolute Gasteiger partial charge is 0.412 e. The highest BCUT2D eigenvalue weighted by Crippen LogP contribution is 2.44. The summed E-state index contributed by atoms with van der Waals surface area (Å²) < 4.78 is 10.8. The van der Waals surface area contributed by atoms with E-state index >= 15 is 0 Å². The Labute approximate surface area is 188 Å². The lowest BCUT2D eigenvalue weighted by Gasteiger charge is -2.37. The molecule has 1 aliphatic heterocycles. The van der Waals surface area contributed by atoms with Crippen molar-refractivity contribution in [2.45, 2.75) is 71.2 Å². The molecule has 1 saturated carbocycles. The van der Waals surface area contributed by atoms with Crippen LogP contribution in [0.5, 0.6) is 0 Å². The second-order valence-electron chi connectivity index (χ2n) is 9.83. The van der Waals surface area contributed by atoms with Gasteiger partial charge < -0.3 is 19.3 Å². The predicted octanol–water partition coefficient (Wildman–Crippen LogP) is 4.76. The van der Waals surface area contributed by atoms with Crippen molar-refractivity contribution in [3.8, 4) is 6.07 Å². The summed E-state index contributed by atoms with van der Waals surface area (Å²) in [5.74, 6) is 0. The first-order chi connectivity index (χ1) is 14.3. The molecule has 2 fully saturated rings. The van der Waals surface area contributed by atoms with Gasteiger partial charge in [-0.3, -0.25) is 5.32 Å². The maximum atomic E-state index is 12.5. The number of halogens is 1. The zero-order chi connectivity index (χ0) is 23.1. The van der Waals surface area contributed by atoms with E-state index < -0.39 is 17.3 Å². The molecular formula is C22H29ClN4O4. The number of amides is 2. The Hall–Kier alpha value is -2.66. The molecule has 0 spiro atoms. The molecule has 1 aliphatic carbocycles. The van der Waals surface area contributed by atoms with Crippen LogP contribution in [0.4, 0.5) is 21.0 Å². The summed E-state index contributed by atoms with van der Waals surface area (Å²) in [5.41, 5.74) is 0.133. The minimum atomic E-state index is -0.661. The van der Waals surface area contributed by atoms with Gasteiger partial charge in [0.05, 0.1) is 40.1 Å². The van der Waals surface area contributed by atoms with Gasteiger partial charge in [0.15, 0.2) is 0 Å². The van der Waals surface area contributed by atoms with Gasteiger partial charge in [0.2, 0.25) is 0 Å². The summed E-state index contributed by atoms with van der Waals surface area (Å²) in [4.78, 5) is 28.6. The third kappa shape index (κ3) is 5.53. The van der Waals surface area contributed by atoms with E-state index in [2.05, 4.69) is 16.3 Å². The van der Waals surface area contributed by atoms with E-state index in [1.165, 1.54) is 6.07 Å². The molecule has 9 heteroatoms. The normalized spacial score (nSPS) is 20.5. The van der Waals surface area contributed by atoms with Crippen LogP contribution in [0.3, 0.4) is 0 Å². The van der Waals surface area contributed by atoms with Gasteiger partial charge in [-0.1, -0.05) is 11.6 Å². The summed E-state index contributed by atoms with van der Waals surface area (Å²) in [7, 11) is 0.